The normalized spacial score (nSPS) is 15.8. The summed E-state index contributed by atoms with van der Waals surface area (Å²) in [6.45, 7) is 5.34. The van der Waals surface area contributed by atoms with Crippen molar-refractivity contribution in [3.05, 3.63) is 59.4 Å². The number of rotatable bonds is 8. The molecule has 150 valence electrons. The summed E-state index contributed by atoms with van der Waals surface area (Å²) in [5.41, 5.74) is 4.10. The Morgan fingerprint density at radius 2 is 2.29 bits per heavy atom. The van der Waals surface area contributed by atoms with Crippen molar-refractivity contribution in [1.82, 2.24) is 20.0 Å². The molecule has 1 aromatic heterocycles. The van der Waals surface area contributed by atoms with Gasteiger partial charge in [-0.3, -0.25) is 9.48 Å². The first-order valence-electron chi connectivity index (χ1n) is 9.81. The van der Waals surface area contributed by atoms with Gasteiger partial charge in [-0.25, -0.2) is 0 Å². The highest BCUT2D eigenvalue weighted by Crippen LogP contribution is 2.26. The zero-order valence-corrected chi connectivity index (χ0v) is 17.1. The number of amides is 1. The first-order valence-corrected chi connectivity index (χ1v) is 9.81. The van der Waals surface area contributed by atoms with Gasteiger partial charge in [0.25, 0.3) is 5.91 Å². The Balaban J connectivity index is 1.67. The zero-order chi connectivity index (χ0) is 20.1. The van der Waals surface area contributed by atoms with E-state index in [4.69, 9.17) is 4.74 Å². The van der Waals surface area contributed by atoms with E-state index in [1.807, 2.05) is 22.9 Å². The average Bonchev–Trinajstić information content (AvgIpc) is 3.05. The maximum absolute atomic E-state index is 12.6. The number of aromatic nitrogens is 2. The van der Waals surface area contributed by atoms with E-state index in [0.29, 0.717) is 18.3 Å². The first kappa shape index (κ1) is 20.1. The minimum absolute atomic E-state index is 0.0314. The molecule has 0 spiro atoms. The van der Waals surface area contributed by atoms with Crippen LogP contribution in [0.3, 0.4) is 0 Å². The van der Waals surface area contributed by atoms with E-state index in [9.17, 15) is 4.79 Å². The number of hydrogen-bond acceptors (Lipinski definition) is 4. The van der Waals surface area contributed by atoms with Crippen molar-refractivity contribution in [3.8, 4) is 5.75 Å². The van der Waals surface area contributed by atoms with Gasteiger partial charge in [-0.1, -0.05) is 18.2 Å². The Kier molecular flexibility index (Phi) is 6.52. The van der Waals surface area contributed by atoms with E-state index in [1.165, 1.54) is 11.3 Å². The quantitative estimate of drug-likeness (QED) is 0.713. The number of carbonyl (C=O) groups is 1. The van der Waals surface area contributed by atoms with Gasteiger partial charge in [0.05, 0.1) is 13.7 Å². The van der Waals surface area contributed by atoms with Crippen molar-refractivity contribution < 1.29 is 9.53 Å². The van der Waals surface area contributed by atoms with E-state index in [2.05, 4.69) is 29.1 Å². The lowest BCUT2D eigenvalue weighted by Gasteiger charge is -2.25. The van der Waals surface area contributed by atoms with E-state index < -0.39 is 0 Å². The second-order valence-electron chi connectivity index (χ2n) is 7.44. The summed E-state index contributed by atoms with van der Waals surface area (Å²) in [6, 6.07) is 8.54. The molecule has 0 bridgehead atoms. The summed E-state index contributed by atoms with van der Waals surface area (Å²) in [6.07, 6.45) is 5.58. The van der Waals surface area contributed by atoms with Crippen molar-refractivity contribution in [2.45, 2.75) is 38.3 Å². The van der Waals surface area contributed by atoms with Crippen molar-refractivity contribution in [2.24, 2.45) is 0 Å². The SMILES string of the molecule is C=CCn1nc(C(=O)N(C)C)c2c1CCC(NCCc1cccc(OC)c1)C2. The Morgan fingerprint density at radius 1 is 1.46 bits per heavy atom. The minimum atomic E-state index is -0.0314. The molecule has 1 amide bonds. The van der Waals surface area contributed by atoms with Crippen LogP contribution in [0.25, 0.3) is 0 Å². The van der Waals surface area contributed by atoms with E-state index in [1.54, 1.807) is 26.1 Å². The molecule has 1 aromatic carbocycles. The summed E-state index contributed by atoms with van der Waals surface area (Å²) in [7, 11) is 5.23. The summed E-state index contributed by atoms with van der Waals surface area (Å²) in [5.74, 6) is 0.859. The number of fused-ring (bicyclic) bond motifs is 1. The van der Waals surface area contributed by atoms with Gasteiger partial charge in [-0.2, -0.15) is 5.10 Å². The van der Waals surface area contributed by atoms with Gasteiger partial charge in [0, 0.05) is 31.4 Å². The highest BCUT2D eigenvalue weighted by molar-refractivity contribution is 5.93. The van der Waals surface area contributed by atoms with Gasteiger partial charge in [-0.05, 0) is 49.9 Å². The van der Waals surface area contributed by atoms with Crippen LogP contribution in [0.4, 0.5) is 0 Å². The molecule has 1 aliphatic rings. The fourth-order valence-corrected chi connectivity index (χ4v) is 3.77. The largest absolute Gasteiger partial charge is 0.497 e. The second kappa shape index (κ2) is 9.06. The standard InChI is InChI=1S/C22H30N4O2/c1-5-13-26-20-10-9-17(15-19(20)21(24-26)22(27)25(2)3)23-12-11-16-7-6-8-18(14-16)28-4/h5-8,14,17,23H,1,9-13,15H2,2-4H3. The summed E-state index contributed by atoms with van der Waals surface area (Å²) in [4.78, 5) is 14.2. The molecule has 1 unspecified atom stereocenters. The van der Waals surface area contributed by atoms with Crippen molar-refractivity contribution in [3.63, 3.8) is 0 Å². The number of ether oxygens (including phenoxy) is 1. The number of nitrogens with one attached hydrogen (secondary N) is 1. The molecule has 1 N–H and O–H groups in total. The maximum atomic E-state index is 12.6. The summed E-state index contributed by atoms with van der Waals surface area (Å²) in [5, 5.41) is 8.26. The fourth-order valence-electron chi connectivity index (χ4n) is 3.77. The number of allylic oxidation sites excluding steroid dienone is 1. The van der Waals surface area contributed by atoms with Crippen LogP contribution < -0.4 is 10.1 Å². The van der Waals surface area contributed by atoms with E-state index >= 15 is 0 Å². The molecule has 0 aliphatic heterocycles. The lowest BCUT2D eigenvalue weighted by Crippen LogP contribution is -2.36. The third kappa shape index (κ3) is 4.44. The molecule has 0 saturated heterocycles. The number of nitrogens with zero attached hydrogens (tertiary/aromatic N) is 3. The Morgan fingerprint density at radius 3 is 3.00 bits per heavy atom. The number of methoxy groups -OCH3 is 1. The number of hydrogen-bond donors (Lipinski definition) is 1. The maximum Gasteiger partial charge on any atom is 0.274 e. The van der Waals surface area contributed by atoms with Crippen molar-refractivity contribution >= 4 is 5.91 Å². The van der Waals surface area contributed by atoms with Crippen molar-refractivity contribution in [2.75, 3.05) is 27.7 Å². The van der Waals surface area contributed by atoms with Crippen LogP contribution in [-0.2, 0) is 25.8 Å². The van der Waals surface area contributed by atoms with Crippen LogP contribution in [-0.4, -0.2) is 54.4 Å². The molecule has 0 saturated carbocycles. The van der Waals surface area contributed by atoms with Gasteiger partial charge in [0.2, 0.25) is 0 Å². The van der Waals surface area contributed by atoms with Gasteiger partial charge in [-0.15, -0.1) is 6.58 Å². The molecule has 6 heteroatoms. The average molecular weight is 383 g/mol. The van der Waals surface area contributed by atoms with Crippen molar-refractivity contribution in [1.29, 1.82) is 0 Å². The van der Waals surface area contributed by atoms with Gasteiger partial charge >= 0.3 is 0 Å². The molecule has 0 fully saturated rings. The molecule has 2 aromatic rings. The lowest BCUT2D eigenvalue weighted by molar-refractivity contribution is 0.0820. The van der Waals surface area contributed by atoms with Gasteiger partial charge in [0.1, 0.15) is 5.75 Å². The van der Waals surface area contributed by atoms with Gasteiger partial charge < -0.3 is 15.0 Å². The third-order valence-corrected chi connectivity index (χ3v) is 5.24. The Labute approximate surface area is 167 Å². The van der Waals surface area contributed by atoms with Crippen LogP contribution in [0.2, 0.25) is 0 Å². The van der Waals surface area contributed by atoms with Crippen LogP contribution >= 0.6 is 0 Å². The highest BCUT2D eigenvalue weighted by atomic mass is 16.5. The smallest absolute Gasteiger partial charge is 0.274 e. The molecule has 1 heterocycles. The molecule has 6 nitrogen and oxygen atoms in total. The number of benzene rings is 1. The first-order chi connectivity index (χ1) is 13.5. The molecule has 1 atom stereocenters. The topological polar surface area (TPSA) is 59.4 Å². The predicted molar refractivity (Wildman–Crippen MR) is 111 cm³/mol. The van der Waals surface area contributed by atoms with Gasteiger partial charge in [0.15, 0.2) is 5.69 Å². The van der Waals surface area contributed by atoms with Crippen LogP contribution in [0.5, 0.6) is 5.75 Å². The summed E-state index contributed by atoms with van der Waals surface area (Å²) < 4.78 is 7.23. The molecule has 28 heavy (non-hydrogen) atoms. The highest BCUT2D eigenvalue weighted by Gasteiger charge is 2.29. The predicted octanol–water partition coefficient (Wildman–Crippen LogP) is 2.47. The molecule has 3 rings (SSSR count). The number of carbonyl (C=O) groups excluding carboxylic acids is 1. The minimum Gasteiger partial charge on any atom is -0.497 e. The van der Waals surface area contributed by atoms with Crippen LogP contribution in [0.1, 0.15) is 33.7 Å². The second-order valence-corrected chi connectivity index (χ2v) is 7.44. The summed E-state index contributed by atoms with van der Waals surface area (Å²) >= 11 is 0. The van der Waals surface area contributed by atoms with E-state index in [0.717, 1.165) is 43.5 Å². The van der Waals surface area contributed by atoms with Crippen LogP contribution in [0.15, 0.2) is 36.9 Å². The lowest BCUT2D eigenvalue weighted by atomic mass is 9.91. The molecular formula is C22H30N4O2. The third-order valence-electron chi connectivity index (χ3n) is 5.24. The Hall–Kier alpha value is -2.60. The molecule has 1 aliphatic carbocycles. The Bertz CT molecular complexity index is 841. The fraction of sp³-hybridized carbons (Fsp3) is 0.455. The molecule has 0 radical (unpaired) electrons. The van der Waals surface area contributed by atoms with Crippen LogP contribution in [0, 0.1) is 0 Å². The zero-order valence-electron chi connectivity index (χ0n) is 17.1. The molecular weight excluding hydrogens is 352 g/mol. The van der Waals surface area contributed by atoms with E-state index in [-0.39, 0.29) is 5.91 Å². The monoisotopic (exact) mass is 382 g/mol.